The van der Waals surface area contributed by atoms with Gasteiger partial charge in [-0.15, -0.1) is 0 Å². The Balaban J connectivity index is 2.21. The monoisotopic (exact) mass is 300 g/mol. The van der Waals surface area contributed by atoms with Crippen LogP contribution in [0.3, 0.4) is 0 Å². The van der Waals surface area contributed by atoms with E-state index < -0.39 is 5.97 Å². The van der Waals surface area contributed by atoms with Crippen molar-refractivity contribution in [2.24, 2.45) is 0 Å². The lowest BCUT2D eigenvalue weighted by atomic mass is 10.1. The molecule has 1 fully saturated rings. The number of nitrogens with one attached hydrogen (secondary N) is 1. The van der Waals surface area contributed by atoms with Crippen molar-refractivity contribution in [1.29, 1.82) is 0 Å². The topological polar surface area (TPSA) is 78.9 Å². The number of urea groups is 1. The Morgan fingerprint density at radius 2 is 1.95 bits per heavy atom. The Hall–Kier alpha value is -1.30. The molecule has 21 heavy (non-hydrogen) atoms. The molecule has 1 unspecified atom stereocenters. The van der Waals surface area contributed by atoms with Crippen LogP contribution in [0.5, 0.6) is 0 Å². The summed E-state index contributed by atoms with van der Waals surface area (Å²) >= 11 is 0. The van der Waals surface area contributed by atoms with Gasteiger partial charge in [-0.25, -0.2) is 4.79 Å². The molecule has 6 nitrogen and oxygen atoms in total. The Bertz CT molecular complexity index is 323. The SMILES string of the molecule is CCCCCCCCNC(=O)N1CCOCC1CC(=O)O. The van der Waals surface area contributed by atoms with Crippen LogP contribution in [0.1, 0.15) is 51.9 Å². The number of rotatable bonds is 9. The van der Waals surface area contributed by atoms with Crippen molar-refractivity contribution in [2.75, 3.05) is 26.3 Å². The number of amides is 2. The summed E-state index contributed by atoms with van der Waals surface area (Å²) in [4.78, 5) is 24.5. The largest absolute Gasteiger partial charge is 0.481 e. The lowest BCUT2D eigenvalue weighted by Crippen LogP contribution is -2.53. The molecule has 1 aliphatic rings. The fourth-order valence-corrected chi connectivity index (χ4v) is 2.50. The van der Waals surface area contributed by atoms with Gasteiger partial charge in [0, 0.05) is 13.1 Å². The maximum absolute atomic E-state index is 12.1. The molecule has 0 radical (unpaired) electrons. The average molecular weight is 300 g/mol. The molecule has 0 saturated carbocycles. The zero-order valence-corrected chi connectivity index (χ0v) is 13.0. The first-order chi connectivity index (χ1) is 10.1. The van der Waals surface area contributed by atoms with Gasteiger partial charge in [0.1, 0.15) is 0 Å². The van der Waals surface area contributed by atoms with Crippen LogP contribution in [0, 0.1) is 0 Å². The van der Waals surface area contributed by atoms with E-state index in [1.54, 1.807) is 4.90 Å². The molecule has 0 aromatic heterocycles. The van der Waals surface area contributed by atoms with Crippen LogP contribution in [0.15, 0.2) is 0 Å². The van der Waals surface area contributed by atoms with E-state index in [2.05, 4.69) is 12.2 Å². The standard InChI is InChI=1S/C15H28N2O4/c1-2-3-4-5-6-7-8-16-15(20)17-9-10-21-12-13(17)11-14(18)19/h13H,2-12H2,1H3,(H,16,20)(H,18,19). The summed E-state index contributed by atoms with van der Waals surface area (Å²) in [5, 5.41) is 11.8. The van der Waals surface area contributed by atoms with E-state index in [9.17, 15) is 9.59 Å². The highest BCUT2D eigenvalue weighted by atomic mass is 16.5. The van der Waals surface area contributed by atoms with E-state index in [1.807, 2.05) is 0 Å². The van der Waals surface area contributed by atoms with Crippen molar-refractivity contribution in [3.63, 3.8) is 0 Å². The van der Waals surface area contributed by atoms with Gasteiger partial charge in [0.2, 0.25) is 0 Å². The molecule has 1 atom stereocenters. The number of unbranched alkanes of at least 4 members (excludes halogenated alkanes) is 5. The highest BCUT2D eigenvalue weighted by Gasteiger charge is 2.28. The Kier molecular flexibility index (Phi) is 8.82. The number of aliphatic carboxylic acids is 1. The van der Waals surface area contributed by atoms with Gasteiger partial charge in [0.05, 0.1) is 25.7 Å². The van der Waals surface area contributed by atoms with Gasteiger partial charge < -0.3 is 20.1 Å². The smallest absolute Gasteiger partial charge is 0.317 e. The summed E-state index contributed by atoms with van der Waals surface area (Å²) in [6, 6.07) is -0.529. The van der Waals surface area contributed by atoms with E-state index in [-0.39, 0.29) is 18.5 Å². The van der Waals surface area contributed by atoms with Crippen LogP contribution in [0.2, 0.25) is 0 Å². The Morgan fingerprint density at radius 3 is 2.67 bits per heavy atom. The number of ether oxygens (including phenoxy) is 1. The van der Waals surface area contributed by atoms with Crippen molar-refractivity contribution in [1.82, 2.24) is 10.2 Å². The molecule has 1 aliphatic heterocycles. The highest BCUT2D eigenvalue weighted by Crippen LogP contribution is 2.11. The minimum atomic E-state index is -0.903. The van der Waals surface area contributed by atoms with Crippen LogP contribution in [0.25, 0.3) is 0 Å². The average Bonchev–Trinajstić information content (AvgIpc) is 2.46. The van der Waals surface area contributed by atoms with Crippen LogP contribution in [-0.4, -0.2) is 54.4 Å². The number of nitrogens with zero attached hydrogens (tertiary/aromatic N) is 1. The van der Waals surface area contributed by atoms with Gasteiger partial charge in [-0.3, -0.25) is 4.79 Å². The second kappa shape index (κ2) is 10.4. The molecule has 2 amide bonds. The maximum Gasteiger partial charge on any atom is 0.317 e. The number of carbonyl (C=O) groups excluding carboxylic acids is 1. The lowest BCUT2D eigenvalue weighted by molar-refractivity contribution is -0.139. The molecule has 0 aromatic carbocycles. The third-order valence-corrected chi connectivity index (χ3v) is 3.71. The minimum absolute atomic E-state index is 0.0650. The minimum Gasteiger partial charge on any atom is -0.481 e. The third-order valence-electron chi connectivity index (χ3n) is 3.71. The van der Waals surface area contributed by atoms with Crippen molar-refractivity contribution < 1.29 is 19.4 Å². The third kappa shape index (κ3) is 7.32. The molecule has 6 heteroatoms. The van der Waals surface area contributed by atoms with Gasteiger partial charge in [-0.05, 0) is 6.42 Å². The predicted molar refractivity (Wildman–Crippen MR) is 80.3 cm³/mol. The number of hydrogen-bond donors (Lipinski definition) is 2. The van der Waals surface area contributed by atoms with Crippen molar-refractivity contribution in [3.8, 4) is 0 Å². The molecular formula is C15H28N2O4. The number of hydrogen-bond acceptors (Lipinski definition) is 3. The molecule has 0 bridgehead atoms. The zero-order valence-electron chi connectivity index (χ0n) is 13.0. The zero-order chi connectivity index (χ0) is 15.5. The molecular weight excluding hydrogens is 272 g/mol. The molecule has 0 spiro atoms. The molecule has 1 saturated heterocycles. The summed E-state index contributed by atoms with van der Waals surface area (Å²) in [6.45, 7) is 4.08. The first-order valence-corrected chi connectivity index (χ1v) is 7.99. The van der Waals surface area contributed by atoms with E-state index in [0.717, 1.165) is 12.8 Å². The number of carboxylic acids is 1. The van der Waals surface area contributed by atoms with Gasteiger partial charge >= 0.3 is 12.0 Å². The lowest BCUT2D eigenvalue weighted by Gasteiger charge is -2.34. The second-order valence-electron chi connectivity index (χ2n) is 5.52. The summed E-state index contributed by atoms with van der Waals surface area (Å²) in [7, 11) is 0. The maximum atomic E-state index is 12.1. The van der Waals surface area contributed by atoms with Crippen molar-refractivity contribution >= 4 is 12.0 Å². The van der Waals surface area contributed by atoms with Crippen LogP contribution in [-0.2, 0) is 9.53 Å². The predicted octanol–water partition coefficient (Wildman–Crippen LogP) is 2.23. The van der Waals surface area contributed by atoms with Crippen molar-refractivity contribution in [3.05, 3.63) is 0 Å². The van der Waals surface area contributed by atoms with Gasteiger partial charge in [-0.2, -0.15) is 0 Å². The first-order valence-electron chi connectivity index (χ1n) is 7.99. The number of carbonyl (C=O) groups is 2. The van der Waals surface area contributed by atoms with Gasteiger partial charge in [0.25, 0.3) is 0 Å². The highest BCUT2D eigenvalue weighted by molar-refractivity contribution is 5.76. The Morgan fingerprint density at radius 1 is 1.24 bits per heavy atom. The number of morpholine rings is 1. The summed E-state index contributed by atoms with van der Waals surface area (Å²) in [5.41, 5.74) is 0. The number of carboxylic acid groups (broad SMARTS) is 1. The second-order valence-corrected chi connectivity index (χ2v) is 5.52. The summed E-state index contributed by atoms with van der Waals surface area (Å²) in [5.74, 6) is -0.903. The van der Waals surface area contributed by atoms with Gasteiger partial charge in [0.15, 0.2) is 0 Å². The fraction of sp³-hybridized carbons (Fsp3) is 0.867. The molecule has 1 rings (SSSR count). The normalized spacial score (nSPS) is 18.5. The first kappa shape index (κ1) is 17.8. The fourth-order valence-electron chi connectivity index (χ4n) is 2.50. The molecule has 1 heterocycles. The Labute approximate surface area is 126 Å². The van der Waals surface area contributed by atoms with E-state index in [0.29, 0.717) is 26.3 Å². The van der Waals surface area contributed by atoms with Crippen molar-refractivity contribution in [2.45, 2.75) is 57.9 Å². The molecule has 0 aliphatic carbocycles. The summed E-state index contributed by atoms with van der Waals surface area (Å²) < 4.78 is 5.26. The molecule has 2 N–H and O–H groups in total. The van der Waals surface area contributed by atoms with E-state index in [4.69, 9.17) is 9.84 Å². The van der Waals surface area contributed by atoms with Crippen LogP contribution >= 0.6 is 0 Å². The molecule has 0 aromatic rings. The van der Waals surface area contributed by atoms with Crippen LogP contribution in [0.4, 0.5) is 4.79 Å². The van der Waals surface area contributed by atoms with E-state index >= 15 is 0 Å². The van der Waals surface area contributed by atoms with Crippen LogP contribution < -0.4 is 5.32 Å². The molecule has 122 valence electrons. The van der Waals surface area contributed by atoms with Gasteiger partial charge in [-0.1, -0.05) is 39.0 Å². The van der Waals surface area contributed by atoms with E-state index in [1.165, 1.54) is 25.7 Å². The quantitative estimate of drug-likeness (QED) is 0.640. The summed E-state index contributed by atoms with van der Waals surface area (Å²) in [6.07, 6.45) is 7.02.